The van der Waals surface area contributed by atoms with E-state index < -0.39 is 5.60 Å². The van der Waals surface area contributed by atoms with Crippen molar-refractivity contribution in [3.05, 3.63) is 59.7 Å². The Morgan fingerprint density at radius 3 is 2.04 bits per heavy atom. The molecule has 0 unspecified atom stereocenters. The monoisotopic (exact) mass is 379 g/mol. The highest BCUT2D eigenvalue weighted by atomic mass is 16.6. The molecule has 4 rings (SSSR count). The molecular formula is C24H29NO3. The fraction of sp³-hybridized carbons (Fsp3) is 0.458. The third kappa shape index (κ3) is 3.20. The van der Waals surface area contributed by atoms with Gasteiger partial charge >= 0.3 is 6.09 Å². The van der Waals surface area contributed by atoms with Crippen molar-refractivity contribution in [3.63, 3.8) is 0 Å². The van der Waals surface area contributed by atoms with Crippen molar-refractivity contribution >= 4 is 6.09 Å². The Bertz CT molecular complexity index is 830. The lowest BCUT2D eigenvalue weighted by Gasteiger charge is -2.45. The van der Waals surface area contributed by atoms with Crippen LogP contribution in [0.25, 0.3) is 11.1 Å². The fourth-order valence-corrected chi connectivity index (χ4v) is 4.49. The van der Waals surface area contributed by atoms with E-state index in [0.717, 1.165) is 0 Å². The van der Waals surface area contributed by atoms with Gasteiger partial charge in [-0.1, -0.05) is 69.3 Å². The molecule has 4 nitrogen and oxygen atoms in total. The third-order valence-corrected chi connectivity index (χ3v) is 6.58. The number of carbonyl (C=O) groups is 1. The number of hydrogen-bond acceptors (Lipinski definition) is 3. The summed E-state index contributed by atoms with van der Waals surface area (Å²) in [6.45, 7) is 7.56. The Hall–Kier alpha value is -2.33. The van der Waals surface area contributed by atoms with Crippen LogP contribution < -0.4 is 0 Å². The van der Waals surface area contributed by atoms with Crippen molar-refractivity contribution in [3.8, 4) is 11.1 Å². The van der Waals surface area contributed by atoms with E-state index in [-0.39, 0.29) is 17.4 Å². The van der Waals surface area contributed by atoms with Gasteiger partial charge in [0.15, 0.2) is 0 Å². The van der Waals surface area contributed by atoms with Crippen molar-refractivity contribution in [1.82, 2.24) is 4.90 Å². The van der Waals surface area contributed by atoms with Gasteiger partial charge in [0.05, 0.1) is 5.60 Å². The number of amides is 1. The number of carbonyl (C=O) groups excluding carboxylic acids is 1. The van der Waals surface area contributed by atoms with Gasteiger partial charge in [0.25, 0.3) is 0 Å². The molecule has 4 heteroatoms. The van der Waals surface area contributed by atoms with E-state index in [1.54, 1.807) is 4.90 Å². The van der Waals surface area contributed by atoms with Crippen molar-refractivity contribution in [2.45, 2.75) is 45.1 Å². The average Bonchev–Trinajstić information content (AvgIpc) is 3.00. The average molecular weight is 380 g/mol. The lowest BCUT2D eigenvalue weighted by molar-refractivity contribution is -0.0961. The molecule has 148 valence electrons. The SMILES string of the molecule is CC(C)(C)C1(O)CCN(C(=O)OCC2c3ccccc3-c3ccccc32)CC1. The van der Waals surface area contributed by atoms with Crippen LogP contribution in [0.1, 0.15) is 50.7 Å². The maximum atomic E-state index is 12.7. The molecule has 0 bridgehead atoms. The van der Waals surface area contributed by atoms with E-state index in [2.05, 4.69) is 45.0 Å². The van der Waals surface area contributed by atoms with Crippen LogP contribution in [0, 0.1) is 5.41 Å². The van der Waals surface area contributed by atoms with Crippen molar-refractivity contribution < 1.29 is 14.6 Å². The predicted octanol–water partition coefficient (Wildman–Crippen LogP) is 4.81. The Morgan fingerprint density at radius 2 is 1.54 bits per heavy atom. The van der Waals surface area contributed by atoms with Crippen LogP contribution >= 0.6 is 0 Å². The summed E-state index contributed by atoms with van der Waals surface area (Å²) < 4.78 is 5.74. The van der Waals surface area contributed by atoms with Crippen LogP contribution in [-0.2, 0) is 4.74 Å². The summed E-state index contributed by atoms with van der Waals surface area (Å²) in [5, 5.41) is 10.8. The second-order valence-electron chi connectivity index (χ2n) is 9.07. The highest BCUT2D eigenvalue weighted by molar-refractivity contribution is 5.79. The molecule has 28 heavy (non-hydrogen) atoms. The van der Waals surface area contributed by atoms with Gasteiger partial charge in [0, 0.05) is 19.0 Å². The number of aliphatic hydroxyl groups is 1. The summed E-state index contributed by atoms with van der Waals surface area (Å²) in [6.07, 6.45) is 0.888. The molecule has 0 saturated carbocycles. The molecular weight excluding hydrogens is 350 g/mol. The molecule has 1 N–H and O–H groups in total. The zero-order chi connectivity index (χ0) is 19.9. The van der Waals surface area contributed by atoms with Gasteiger partial charge in [-0.2, -0.15) is 0 Å². The molecule has 0 aromatic heterocycles. The second kappa shape index (κ2) is 6.93. The summed E-state index contributed by atoms with van der Waals surface area (Å²) in [5.41, 5.74) is 3.97. The summed E-state index contributed by atoms with van der Waals surface area (Å²) in [7, 11) is 0. The first-order valence-corrected chi connectivity index (χ1v) is 10.1. The number of piperidine rings is 1. The first-order chi connectivity index (χ1) is 13.3. The summed E-state index contributed by atoms with van der Waals surface area (Å²) >= 11 is 0. The topological polar surface area (TPSA) is 49.8 Å². The molecule has 2 aromatic carbocycles. The summed E-state index contributed by atoms with van der Waals surface area (Å²) in [4.78, 5) is 14.4. The lowest BCUT2D eigenvalue weighted by atomic mass is 9.71. The molecule has 0 atom stereocenters. The van der Waals surface area contributed by atoms with E-state index in [0.29, 0.717) is 32.5 Å². The molecule has 1 heterocycles. The number of rotatable bonds is 2. The van der Waals surface area contributed by atoms with Crippen LogP contribution in [0.5, 0.6) is 0 Å². The first-order valence-electron chi connectivity index (χ1n) is 10.1. The Kier molecular flexibility index (Phi) is 4.70. The van der Waals surface area contributed by atoms with Gasteiger partial charge in [-0.15, -0.1) is 0 Å². The van der Waals surface area contributed by atoms with Gasteiger partial charge in [-0.25, -0.2) is 4.79 Å². The minimum Gasteiger partial charge on any atom is -0.448 e. The standard InChI is InChI=1S/C24H29NO3/c1-23(2,3)24(27)12-14-25(15-13-24)22(26)28-16-21-19-10-6-4-8-17(19)18-9-5-7-11-20(18)21/h4-11,21,27H,12-16H2,1-3H3. The molecule has 1 aliphatic heterocycles. The van der Waals surface area contributed by atoms with Crippen LogP contribution in [0.3, 0.4) is 0 Å². The van der Waals surface area contributed by atoms with Gasteiger partial charge in [-0.3, -0.25) is 0 Å². The molecule has 1 fully saturated rings. The molecule has 1 saturated heterocycles. The van der Waals surface area contributed by atoms with Crippen LogP contribution in [0.2, 0.25) is 0 Å². The van der Waals surface area contributed by atoms with Gasteiger partial charge in [-0.05, 0) is 40.5 Å². The van der Waals surface area contributed by atoms with Crippen LogP contribution in [0.4, 0.5) is 4.79 Å². The normalized spacial score (nSPS) is 18.5. The Morgan fingerprint density at radius 1 is 1.04 bits per heavy atom. The van der Waals surface area contributed by atoms with Crippen molar-refractivity contribution in [1.29, 1.82) is 0 Å². The van der Waals surface area contributed by atoms with Crippen LogP contribution in [0.15, 0.2) is 48.5 Å². The van der Waals surface area contributed by atoms with E-state index in [1.807, 2.05) is 24.3 Å². The number of benzene rings is 2. The Balaban J connectivity index is 1.42. The van der Waals surface area contributed by atoms with E-state index in [9.17, 15) is 9.90 Å². The summed E-state index contributed by atoms with van der Waals surface area (Å²) in [6, 6.07) is 16.7. The third-order valence-electron chi connectivity index (χ3n) is 6.58. The number of likely N-dealkylation sites (tertiary alicyclic amines) is 1. The Labute approximate surface area is 167 Å². The highest BCUT2D eigenvalue weighted by Crippen LogP contribution is 2.44. The van der Waals surface area contributed by atoms with Gasteiger partial charge in [0.2, 0.25) is 0 Å². The van der Waals surface area contributed by atoms with Gasteiger partial charge < -0.3 is 14.7 Å². The number of nitrogens with zero attached hydrogens (tertiary/aromatic N) is 1. The lowest BCUT2D eigenvalue weighted by Crippen LogP contribution is -2.53. The zero-order valence-corrected chi connectivity index (χ0v) is 16.9. The van der Waals surface area contributed by atoms with E-state index in [4.69, 9.17) is 4.74 Å². The van der Waals surface area contributed by atoms with Crippen molar-refractivity contribution in [2.24, 2.45) is 5.41 Å². The quantitative estimate of drug-likeness (QED) is 0.815. The minimum absolute atomic E-state index is 0.0765. The second-order valence-corrected chi connectivity index (χ2v) is 9.07. The maximum Gasteiger partial charge on any atom is 0.409 e. The smallest absolute Gasteiger partial charge is 0.409 e. The van der Waals surface area contributed by atoms with E-state index >= 15 is 0 Å². The minimum atomic E-state index is -0.729. The predicted molar refractivity (Wildman–Crippen MR) is 110 cm³/mol. The van der Waals surface area contributed by atoms with Gasteiger partial charge in [0.1, 0.15) is 6.61 Å². The highest BCUT2D eigenvalue weighted by Gasteiger charge is 2.43. The van der Waals surface area contributed by atoms with Crippen LogP contribution in [-0.4, -0.2) is 41.4 Å². The van der Waals surface area contributed by atoms with Crippen molar-refractivity contribution in [2.75, 3.05) is 19.7 Å². The molecule has 2 aromatic rings. The molecule has 2 aliphatic rings. The molecule has 1 amide bonds. The molecule has 1 aliphatic carbocycles. The molecule has 0 spiro atoms. The number of fused-ring (bicyclic) bond motifs is 3. The molecule has 0 radical (unpaired) electrons. The van der Waals surface area contributed by atoms with E-state index in [1.165, 1.54) is 22.3 Å². The number of ether oxygens (including phenoxy) is 1. The maximum absolute atomic E-state index is 12.7. The zero-order valence-electron chi connectivity index (χ0n) is 16.9. The number of hydrogen-bond donors (Lipinski definition) is 1. The summed E-state index contributed by atoms with van der Waals surface area (Å²) in [5.74, 6) is 0.0765. The largest absolute Gasteiger partial charge is 0.448 e. The first kappa shape index (κ1) is 19.0. The fourth-order valence-electron chi connectivity index (χ4n) is 4.49.